The quantitative estimate of drug-likeness (QED) is 0.591. The summed E-state index contributed by atoms with van der Waals surface area (Å²) < 4.78 is 0. The molecule has 0 aliphatic heterocycles. The molecule has 0 saturated carbocycles. The highest BCUT2D eigenvalue weighted by Crippen LogP contribution is 2.72. The van der Waals surface area contributed by atoms with E-state index >= 15 is 0 Å². The van der Waals surface area contributed by atoms with E-state index in [0.717, 1.165) is 19.5 Å². The van der Waals surface area contributed by atoms with Crippen molar-refractivity contribution in [2.24, 2.45) is 0 Å². The fourth-order valence-electron chi connectivity index (χ4n) is 3.04. The lowest BCUT2D eigenvalue weighted by atomic mass is 9.80. The zero-order chi connectivity index (χ0) is 13.0. The third-order valence-electron chi connectivity index (χ3n) is 4.00. The van der Waals surface area contributed by atoms with Crippen LogP contribution < -0.4 is 0 Å². The number of aryl methyl sites for hydroxylation is 1. The van der Waals surface area contributed by atoms with E-state index in [1.165, 1.54) is 32.1 Å². The van der Waals surface area contributed by atoms with Gasteiger partial charge in [0.05, 0.1) is 0 Å². The Bertz CT molecular complexity index is 380. The highest BCUT2D eigenvalue weighted by molar-refractivity contribution is 8.61. The van der Waals surface area contributed by atoms with Crippen LogP contribution >= 0.6 is 33.1 Å². The minimum atomic E-state index is 0.131. The second-order valence-corrected chi connectivity index (χ2v) is 14.7. The van der Waals surface area contributed by atoms with Gasteiger partial charge in [-0.25, -0.2) is 0 Å². The summed E-state index contributed by atoms with van der Waals surface area (Å²) in [6, 6.07) is 9.17. The molecule has 4 unspecified atom stereocenters. The first-order valence-electron chi connectivity index (χ1n) is 6.86. The van der Waals surface area contributed by atoms with Crippen molar-refractivity contribution in [3.05, 3.63) is 35.4 Å². The largest absolute Gasteiger partial charge is 0.110 e. The van der Waals surface area contributed by atoms with Crippen molar-refractivity contribution in [2.45, 2.75) is 50.6 Å². The monoisotopic (exact) mass is 316 g/mol. The molecule has 0 N–H and O–H groups in total. The third-order valence-corrected chi connectivity index (χ3v) is 15.4. The maximum Gasteiger partial charge on any atom is -0.00639 e. The molecule has 0 heterocycles. The van der Waals surface area contributed by atoms with Crippen LogP contribution in [0.3, 0.4) is 0 Å². The first-order valence-corrected chi connectivity index (χ1v) is 13.5. The first-order chi connectivity index (χ1) is 8.77. The molecule has 1 aliphatic rings. The lowest BCUT2D eigenvalue weighted by molar-refractivity contribution is 0.512. The van der Waals surface area contributed by atoms with Gasteiger partial charge in [-0.15, -0.1) is 17.9 Å². The predicted octanol–water partition coefficient (Wildman–Crippen LogP) is 5.93. The van der Waals surface area contributed by atoms with Crippen LogP contribution in [0.2, 0.25) is 0 Å². The summed E-state index contributed by atoms with van der Waals surface area (Å²) >= 11 is 0. The van der Waals surface area contributed by atoms with Gasteiger partial charge in [-0.3, -0.25) is 0 Å². The fraction of sp³-hybridized carbons (Fsp3) is 0.571. The SMILES string of the molecule is CCCC[C@@H]1c2ccccc2CC[C@@H]1P(P)PP. The van der Waals surface area contributed by atoms with Crippen LogP contribution in [0.25, 0.3) is 0 Å². The molecule has 18 heavy (non-hydrogen) atoms. The van der Waals surface area contributed by atoms with E-state index in [2.05, 4.69) is 49.0 Å². The Hall–Kier alpha value is 0.940. The summed E-state index contributed by atoms with van der Waals surface area (Å²) in [4.78, 5) is 0. The van der Waals surface area contributed by atoms with Gasteiger partial charge in [0.25, 0.3) is 0 Å². The summed E-state index contributed by atoms with van der Waals surface area (Å²) in [5.74, 6) is 0.826. The third kappa shape index (κ3) is 3.53. The van der Waals surface area contributed by atoms with E-state index in [1.807, 2.05) is 0 Å². The fourth-order valence-corrected chi connectivity index (χ4v) is 8.63. The van der Waals surface area contributed by atoms with Gasteiger partial charge in [0, 0.05) is 0 Å². The zero-order valence-electron chi connectivity index (χ0n) is 11.1. The van der Waals surface area contributed by atoms with Gasteiger partial charge in [0.1, 0.15) is 0 Å². The van der Waals surface area contributed by atoms with Gasteiger partial charge in [-0.1, -0.05) is 59.3 Å². The minimum Gasteiger partial charge on any atom is -0.110 e. The standard InChI is InChI=1S/C14H24P4/c1-2-3-7-13-12-8-5-4-6-11(12)9-10-14(13)18(16)17-15/h4-6,8,13-14,17H,2-3,7,9-10,15-16H2,1H3/t13-,14+,18?/m1/s1. The van der Waals surface area contributed by atoms with Gasteiger partial charge >= 0.3 is 0 Å². The average molecular weight is 316 g/mol. The number of unbranched alkanes of at least 4 members (excludes halogenated alkanes) is 1. The molecule has 0 saturated heterocycles. The van der Waals surface area contributed by atoms with E-state index in [0.29, 0.717) is 0 Å². The van der Waals surface area contributed by atoms with Crippen LogP contribution in [0.1, 0.15) is 49.7 Å². The maximum absolute atomic E-state index is 3.16. The Kier molecular flexibility index (Phi) is 6.52. The molecular formula is C14H24P4. The number of hydrogen-bond acceptors (Lipinski definition) is 0. The highest BCUT2D eigenvalue weighted by Gasteiger charge is 2.31. The Morgan fingerprint density at radius 2 is 2.17 bits per heavy atom. The molecule has 6 atom stereocenters. The van der Waals surface area contributed by atoms with Crippen LogP contribution in [0.15, 0.2) is 24.3 Å². The normalized spacial score (nSPS) is 25.3. The van der Waals surface area contributed by atoms with E-state index in [4.69, 9.17) is 0 Å². The summed E-state index contributed by atoms with van der Waals surface area (Å²) in [5, 5.41) is 0. The van der Waals surface area contributed by atoms with Crippen LogP contribution in [0.4, 0.5) is 0 Å². The van der Waals surface area contributed by atoms with Crippen LogP contribution in [-0.2, 0) is 6.42 Å². The van der Waals surface area contributed by atoms with Crippen molar-refractivity contribution in [3.8, 4) is 0 Å². The molecule has 0 fully saturated rings. The lowest BCUT2D eigenvalue weighted by Crippen LogP contribution is -2.22. The van der Waals surface area contributed by atoms with Gasteiger partial charge in [-0.2, -0.15) is 0 Å². The Balaban J connectivity index is 2.24. The molecule has 4 heteroatoms. The van der Waals surface area contributed by atoms with Crippen molar-refractivity contribution >= 4 is 33.1 Å². The van der Waals surface area contributed by atoms with Crippen molar-refractivity contribution in [3.63, 3.8) is 0 Å². The van der Waals surface area contributed by atoms with Crippen LogP contribution in [-0.4, -0.2) is 5.66 Å². The number of benzene rings is 1. The van der Waals surface area contributed by atoms with E-state index < -0.39 is 0 Å². The van der Waals surface area contributed by atoms with Gasteiger partial charge in [-0.05, 0) is 42.0 Å². The van der Waals surface area contributed by atoms with E-state index in [-0.39, 0.29) is 7.30 Å². The number of rotatable bonds is 5. The molecule has 0 bridgehead atoms. The molecule has 0 spiro atoms. The maximum atomic E-state index is 3.16. The summed E-state index contributed by atoms with van der Waals surface area (Å²) in [6.45, 7) is 2.31. The summed E-state index contributed by atoms with van der Waals surface area (Å²) in [5.41, 5.74) is 4.22. The molecule has 100 valence electrons. The predicted molar refractivity (Wildman–Crippen MR) is 95.5 cm³/mol. The second kappa shape index (κ2) is 7.65. The van der Waals surface area contributed by atoms with Crippen molar-refractivity contribution < 1.29 is 0 Å². The first kappa shape index (κ1) is 15.3. The van der Waals surface area contributed by atoms with Crippen LogP contribution in [0.5, 0.6) is 0 Å². The molecule has 0 radical (unpaired) electrons. The molecular weight excluding hydrogens is 292 g/mol. The smallest absolute Gasteiger partial charge is 0.00639 e. The topological polar surface area (TPSA) is 0 Å². The van der Waals surface area contributed by atoms with Crippen molar-refractivity contribution in [2.75, 3.05) is 0 Å². The zero-order valence-corrected chi connectivity index (χ0v) is 15.3. The van der Waals surface area contributed by atoms with Crippen molar-refractivity contribution in [1.82, 2.24) is 0 Å². The van der Waals surface area contributed by atoms with Gasteiger partial charge < -0.3 is 0 Å². The molecule has 1 aromatic rings. The highest BCUT2D eigenvalue weighted by atomic mass is 32.6. The minimum absolute atomic E-state index is 0.131. The number of fused-ring (bicyclic) bond motifs is 1. The lowest BCUT2D eigenvalue weighted by Gasteiger charge is -2.37. The Labute approximate surface area is 119 Å². The molecule has 0 amide bonds. The molecule has 1 aromatic carbocycles. The summed E-state index contributed by atoms with van der Waals surface area (Å²) in [7, 11) is 7.31. The van der Waals surface area contributed by atoms with Crippen molar-refractivity contribution in [1.29, 1.82) is 0 Å². The number of hydrogen-bond donors (Lipinski definition) is 0. The molecule has 1 aliphatic carbocycles. The van der Waals surface area contributed by atoms with E-state index in [9.17, 15) is 0 Å². The average Bonchev–Trinajstić information content (AvgIpc) is 2.43. The second-order valence-electron chi connectivity index (χ2n) is 5.09. The van der Waals surface area contributed by atoms with E-state index in [1.54, 1.807) is 11.1 Å². The molecule has 0 aromatic heterocycles. The molecule has 2 rings (SSSR count). The van der Waals surface area contributed by atoms with Crippen LogP contribution in [0, 0.1) is 0 Å². The van der Waals surface area contributed by atoms with Gasteiger partial charge in [0.15, 0.2) is 0 Å². The summed E-state index contributed by atoms with van der Waals surface area (Å²) in [6.07, 6.45) is 6.79. The Morgan fingerprint density at radius 1 is 1.39 bits per heavy atom. The molecule has 0 nitrogen and oxygen atoms in total. The Morgan fingerprint density at radius 3 is 2.89 bits per heavy atom. The van der Waals surface area contributed by atoms with Gasteiger partial charge in [0.2, 0.25) is 0 Å².